The van der Waals surface area contributed by atoms with Crippen LogP contribution in [0.4, 0.5) is 0 Å². The van der Waals surface area contributed by atoms with E-state index in [0.29, 0.717) is 12.0 Å². The van der Waals surface area contributed by atoms with Crippen molar-refractivity contribution in [1.82, 2.24) is 4.31 Å². The minimum Gasteiger partial charge on any atom is -0.382 e. The van der Waals surface area contributed by atoms with Crippen LogP contribution in [0.3, 0.4) is 0 Å². The number of carbonyl (C=O) groups is 1. The number of hydrogen-bond acceptors (Lipinski definition) is 4. The molecule has 1 aliphatic heterocycles. The van der Waals surface area contributed by atoms with E-state index in [1.54, 1.807) is 24.3 Å². The quantitative estimate of drug-likeness (QED) is 0.745. The van der Waals surface area contributed by atoms with Crippen molar-refractivity contribution >= 4 is 15.9 Å². The minimum atomic E-state index is -3.64. The normalized spacial score (nSPS) is 22.7. The van der Waals surface area contributed by atoms with Gasteiger partial charge in [-0.05, 0) is 12.0 Å². The van der Waals surface area contributed by atoms with E-state index in [2.05, 4.69) is 0 Å². The van der Waals surface area contributed by atoms with Gasteiger partial charge in [0.2, 0.25) is 15.9 Å². The predicted octanol–water partition coefficient (Wildman–Crippen LogP) is 1.40. The van der Waals surface area contributed by atoms with Gasteiger partial charge in [-0.1, -0.05) is 37.3 Å². The summed E-state index contributed by atoms with van der Waals surface area (Å²) in [7, 11) is -2.12. The van der Waals surface area contributed by atoms with Crippen LogP contribution in [0, 0.1) is 5.92 Å². The van der Waals surface area contributed by atoms with Gasteiger partial charge in [0.05, 0.1) is 24.3 Å². The zero-order chi connectivity index (χ0) is 14.8. The molecular formula is C14H19NO4S. The molecule has 1 amide bonds. The third-order valence-electron chi connectivity index (χ3n) is 3.57. The van der Waals surface area contributed by atoms with Crippen LogP contribution in [0.15, 0.2) is 30.3 Å². The zero-order valence-electron chi connectivity index (χ0n) is 11.7. The molecule has 1 saturated heterocycles. The van der Waals surface area contributed by atoms with E-state index in [1.165, 1.54) is 7.11 Å². The average molecular weight is 297 g/mol. The maximum absolute atomic E-state index is 12.4. The van der Waals surface area contributed by atoms with Gasteiger partial charge in [-0.25, -0.2) is 12.7 Å². The number of benzene rings is 1. The first kappa shape index (κ1) is 15.0. The topological polar surface area (TPSA) is 63.7 Å². The van der Waals surface area contributed by atoms with Gasteiger partial charge in [0.25, 0.3) is 0 Å². The molecule has 0 radical (unpaired) electrons. The molecule has 6 heteroatoms. The van der Waals surface area contributed by atoms with E-state index in [1.807, 2.05) is 13.0 Å². The number of amides is 1. The lowest BCUT2D eigenvalue weighted by Crippen LogP contribution is -2.64. The Hall–Kier alpha value is -1.40. The Morgan fingerprint density at radius 1 is 1.25 bits per heavy atom. The SMILES string of the molecule is CC[C@@H]1C(=O)N(S(=O)(=O)Cc2ccccc2)[C@@H]1COC. The van der Waals surface area contributed by atoms with E-state index < -0.39 is 10.0 Å². The summed E-state index contributed by atoms with van der Waals surface area (Å²) >= 11 is 0. The third kappa shape index (κ3) is 2.71. The molecule has 20 heavy (non-hydrogen) atoms. The molecular weight excluding hydrogens is 278 g/mol. The van der Waals surface area contributed by atoms with Crippen LogP contribution < -0.4 is 0 Å². The first-order valence-corrected chi connectivity index (χ1v) is 8.21. The van der Waals surface area contributed by atoms with Crippen molar-refractivity contribution in [3.05, 3.63) is 35.9 Å². The fraction of sp³-hybridized carbons (Fsp3) is 0.500. The smallest absolute Gasteiger partial charge is 0.241 e. The highest BCUT2D eigenvalue weighted by molar-refractivity contribution is 7.89. The van der Waals surface area contributed by atoms with Crippen molar-refractivity contribution in [2.75, 3.05) is 13.7 Å². The van der Waals surface area contributed by atoms with Crippen LogP contribution in [0.2, 0.25) is 0 Å². The number of rotatable bonds is 6. The first-order valence-electron chi connectivity index (χ1n) is 6.60. The van der Waals surface area contributed by atoms with Crippen molar-refractivity contribution < 1.29 is 17.9 Å². The Bertz CT molecular complexity index is 570. The van der Waals surface area contributed by atoms with Crippen molar-refractivity contribution in [2.45, 2.75) is 25.1 Å². The molecule has 2 atom stereocenters. The Morgan fingerprint density at radius 2 is 1.90 bits per heavy atom. The van der Waals surface area contributed by atoms with E-state index in [4.69, 9.17) is 4.74 Å². The second kappa shape index (κ2) is 5.93. The summed E-state index contributed by atoms with van der Waals surface area (Å²) in [4.78, 5) is 12.0. The highest BCUT2D eigenvalue weighted by Crippen LogP contribution is 2.33. The Morgan fingerprint density at radius 3 is 2.45 bits per heavy atom. The van der Waals surface area contributed by atoms with Gasteiger partial charge < -0.3 is 4.74 Å². The number of methoxy groups -OCH3 is 1. The summed E-state index contributed by atoms with van der Waals surface area (Å²) in [5.74, 6) is -0.720. The zero-order valence-corrected chi connectivity index (χ0v) is 12.5. The molecule has 0 unspecified atom stereocenters. The maximum Gasteiger partial charge on any atom is 0.241 e. The number of ether oxygens (including phenoxy) is 1. The second-order valence-corrected chi connectivity index (χ2v) is 6.76. The summed E-state index contributed by atoms with van der Waals surface area (Å²) in [6.45, 7) is 2.13. The first-order chi connectivity index (χ1) is 9.51. The van der Waals surface area contributed by atoms with Gasteiger partial charge in [0.1, 0.15) is 0 Å². The molecule has 5 nitrogen and oxygen atoms in total. The van der Waals surface area contributed by atoms with E-state index in [9.17, 15) is 13.2 Å². The summed E-state index contributed by atoms with van der Waals surface area (Å²) in [6.07, 6.45) is 0.629. The minimum absolute atomic E-state index is 0.157. The van der Waals surface area contributed by atoms with E-state index in [-0.39, 0.29) is 30.2 Å². The van der Waals surface area contributed by atoms with Crippen LogP contribution in [-0.2, 0) is 25.3 Å². The summed E-state index contributed by atoms with van der Waals surface area (Å²) in [6, 6.07) is 8.50. The molecule has 0 aliphatic carbocycles. The standard InChI is InChI=1S/C14H19NO4S/c1-3-12-13(9-19-2)15(14(12)16)20(17,18)10-11-7-5-4-6-8-11/h4-8,12-13H,3,9-10H2,1-2H3/t12-,13+/m0/s1. The summed E-state index contributed by atoms with van der Waals surface area (Å²) < 4.78 is 30.8. The summed E-state index contributed by atoms with van der Waals surface area (Å²) in [5.41, 5.74) is 0.677. The van der Waals surface area contributed by atoms with Gasteiger partial charge in [-0.3, -0.25) is 4.79 Å². The molecule has 110 valence electrons. The number of carbonyl (C=O) groups excluding carboxylic acids is 1. The lowest BCUT2D eigenvalue weighted by atomic mass is 9.89. The molecule has 1 aromatic rings. The highest BCUT2D eigenvalue weighted by atomic mass is 32.2. The lowest BCUT2D eigenvalue weighted by molar-refractivity contribution is -0.149. The molecule has 1 fully saturated rings. The van der Waals surface area contributed by atoms with Crippen molar-refractivity contribution in [2.24, 2.45) is 5.92 Å². The van der Waals surface area contributed by atoms with Crippen LogP contribution in [-0.4, -0.2) is 38.4 Å². The molecule has 1 aromatic carbocycles. The van der Waals surface area contributed by atoms with Crippen LogP contribution in [0.5, 0.6) is 0 Å². The number of hydrogen-bond donors (Lipinski definition) is 0. The molecule has 0 bridgehead atoms. The van der Waals surface area contributed by atoms with E-state index in [0.717, 1.165) is 4.31 Å². The highest BCUT2D eigenvalue weighted by Gasteiger charge is 2.51. The molecule has 1 aliphatic rings. The number of β-lactam (4-membered cyclic amide) rings is 1. The van der Waals surface area contributed by atoms with Crippen LogP contribution in [0.25, 0.3) is 0 Å². The predicted molar refractivity (Wildman–Crippen MR) is 75.4 cm³/mol. The Balaban J connectivity index is 2.18. The monoisotopic (exact) mass is 297 g/mol. The Kier molecular flexibility index (Phi) is 4.45. The van der Waals surface area contributed by atoms with Gasteiger partial charge in [-0.2, -0.15) is 0 Å². The van der Waals surface area contributed by atoms with Gasteiger partial charge in [0.15, 0.2) is 0 Å². The van der Waals surface area contributed by atoms with Crippen LogP contribution >= 0.6 is 0 Å². The molecule has 0 aromatic heterocycles. The maximum atomic E-state index is 12.4. The van der Waals surface area contributed by atoms with Gasteiger partial charge >= 0.3 is 0 Å². The van der Waals surface area contributed by atoms with Crippen molar-refractivity contribution in [3.63, 3.8) is 0 Å². The second-order valence-electron chi connectivity index (χ2n) is 4.91. The third-order valence-corrected chi connectivity index (χ3v) is 5.32. The molecule has 2 rings (SSSR count). The lowest BCUT2D eigenvalue weighted by Gasteiger charge is -2.45. The number of sulfonamides is 1. The average Bonchev–Trinajstić information content (AvgIpc) is 2.39. The van der Waals surface area contributed by atoms with Gasteiger partial charge in [0, 0.05) is 7.11 Å². The number of nitrogens with zero attached hydrogens (tertiary/aromatic N) is 1. The fourth-order valence-electron chi connectivity index (χ4n) is 2.57. The summed E-state index contributed by atoms with van der Waals surface area (Å²) in [5, 5.41) is 0. The molecule has 0 spiro atoms. The van der Waals surface area contributed by atoms with Gasteiger partial charge in [-0.15, -0.1) is 0 Å². The Labute approximate surface area is 119 Å². The van der Waals surface area contributed by atoms with Crippen molar-refractivity contribution in [3.8, 4) is 0 Å². The van der Waals surface area contributed by atoms with Crippen LogP contribution in [0.1, 0.15) is 18.9 Å². The van der Waals surface area contributed by atoms with Crippen molar-refractivity contribution in [1.29, 1.82) is 0 Å². The molecule has 1 heterocycles. The van der Waals surface area contributed by atoms with E-state index >= 15 is 0 Å². The molecule has 0 saturated carbocycles. The molecule has 0 N–H and O–H groups in total. The largest absolute Gasteiger partial charge is 0.382 e. The fourth-order valence-corrected chi connectivity index (χ4v) is 4.35.